The zero-order valence-corrected chi connectivity index (χ0v) is 62.0. The van der Waals surface area contributed by atoms with Crippen LogP contribution in [0.3, 0.4) is 0 Å². The van der Waals surface area contributed by atoms with Crippen molar-refractivity contribution in [2.75, 3.05) is 0 Å². The van der Waals surface area contributed by atoms with Crippen molar-refractivity contribution in [2.45, 2.75) is 225 Å². The highest BCUT2D eigenvalue weighted by Crippen LogP contribution is 2.34. The third kappa shape index (κ3) is 23.5. The van der Waals surface area contributed by atoms with Crippen molar-refractivity contribution < 1.29 is 34.7 Å². The van der Waals surface area contributed by atoms with Crippen LogP contribution in [0.25, 0.3) is 45.0 Å². The fraction of sp³-hybridized carbons (Fsp3) is 0.494. The van der Waals surface area contributed by atoms with Crippen molar-refractivity contribution >= 4 is 0 Å². The molecule has 4 aromatic carbocycles. The predicted molar refractivity (Wildman–Crippen MR) is 394 cm³/mol. The SMILES string of the molecule is Cc1ccc(-c2cc(C)c(CC(C)(C)C)c[n+]2C)c(C)c1.Cc1ccccc1-c1cc(CC(C)(C)C)c(CC(C)(C)C)c[n+]1C.[2H]C([2H])([2H])c1ccc(-c2cc(C([2H])([2H])C(C)(C)C)c(C([2H])([2H])C(C)(C)C)c[n+]2C)c(C)c1.[2H]C([2H])([2H])c1ccc(-c2cc(C)c(C([2H])([2H])C(C)(C)C)c[n+]2C)c(C)c1. The highest BCUT2D eigenvalue weighted by molar-refractivity contribution is 5.65. The molecule has 4 aromatic heterocycles. The standard InChI is InChI=1S/C24H36N.C23H34N.2C20H28N/c1-17-10-11-21(18(2)12-17)22-13-19(14-23(3,4)5)20(16-25(22)9)15-24(6,7)8;1-17-11-9-10-12-20(17)21-13-18(14-22(2,3)4)19(16-24(21)8)15-23(5,6)7;2*1-14-8-9-18(16(3)10-14)19-11-15(2)17(13-21(19)7)12-20(4,5)6/h10-13,16H,14-15H2,1-9H3;9-13,16H,14-15H2,1-8H3;2*8-11,13H,12H2,1-7H3/q4*+1/i1D3,14D2,15D2;;1D3,12D2;. The van der Waals surface area contributed by atoms with E-state index < -0.39 is 49.1 Å². The lowest BCUT2D eigenvalue weighted by Crippen LogP contribution is -2.33. The molecule has 0 amide bonds. The number of aryl methyl sites for hydroxylation is 13. The van der Waals surface area contributed by atoms with Crippen LogP contribution >= 0.6 is 0 Å². The van der Waals surface area contributed by atoms with Gasteiger partial charge in [-0.2, -0.15) is 0 Å². The van der Waals surface area contributed by atoms with E-state index in [1.807, 2.05) is 120 Å². The molecule has 4 heteroatoms. The lowest BCUT2D eigenvalue weighted by molar-refractivity contribution is -0.661. The van der Waals surface area contributed by atoms with Crippen LogP contribution in [0, 0.1) is 94.7 Å². The van der Waals surface area contributed by atoms with Crippen LogP contribution in [0.2, 0.25) is 0 Å². The van der Waals surface area contributed by atoms with Gasteiger partial charge in [0.05, 0.1) is 0 Å². The topological polar surface area (TPSA) is 15.5 Å². The summed E-state index contributed by atoms with van der Waals surface area (Å²) in [5, 5.41) is 0. The van der Waals surface area contributed by atoms with Crippen molar-refractivity contribution in [1.29, 1.82) is 0 Å². The molecule has 0 unspecified atom stereocenters. The van der Waals surface area contributed by atoms with Gasteiger partial charge in [-0.05, 0) is 202 Å². The highest BCUT2D eigenvalue weighted by Gasteiger charge is 2.27. The lowest BCUT2D eigenvalue weighted by Gasteiger charge is -2.24. The fourth-order valence-electron chi connectivity index (χ4n) is 11.7. The van der Waals surface area contributed by atoms with Gasteiger partial charge in [-0.15, -0.1) is 0 Å². The van der Waals surface area contributed by atoms with Gasteiger partial charge in [0.1, 0.15) is 28.2 Å². The summed E-state index contributed by atoms with van der Waals surface area (Å²) in [5.41, 5.74) is 21.7. The molecule has 0 N–H and O–H groups in total. The maximum absolute atomic E-state index is 8.96. The molecule has 0 aliphatic rings. The van der Waals surface area contributed by atoms with Crippen LogP contribution in [0.5, 0.6) is 0 Å². The first-order chi connectivity index (χ1) is 46.4. The molecule has 4 nitrogen and oxygen atoms in total. The van der Waals surface area contributed by atoms with Crippen LogP contribution in [-0.2, 0) is 66.6 Å². The molecule has 4 heterocycles. The molecular formula is C87H126N4+4. The Bertz CT molecular complexity index is 4320. The minimum Gasteiger partial charge on any atom is -0.201 e. The molecule has 0 bridgehead atoms. The molecule has 0 saturated heterocycles. The van der Waals surface area contributed by atoms with Crippen molar-refractivity contribution in [1.82, 2.24) is 0 Å². The van der Waals surface area contributed by atoms with E-state index in [9.17, 15) is 0 Å². The summed E-state index contributed by atoms with van der Waals surface area (Å²) in [5.74, 6) is 0. The van der Waals surface area contributed by atoms with Crippen LogP contribution in [0.1, 0.15) is 225 Å². The quantitative estimate of drug-likeness (QED) is 0.121. The zero-order chi connectivity index (χ0) is 79.1. The van der Waals surface area contributed by atoms with Gasteiger partial charge in [-0.3, -0.25) is 0 Å². The van der Waals surface area contributed by atoms with Gasteiger partial charge in [0.15, 0.2) is 24.8 Å². The number of rotatable bonds is 10. The summed E-state index contributed by atoms with van der Waals surface area (Å²) in [6.07, 6.45) is 6.48. The molecule has 0 aliphatic heterocycles. The van der Waals surface area contributed by atoms with E-state index in [1.165, 1.54) is 61.5 Å². The summed E-state index contributed by atoms with van der Waals surface area (Å²) in [6, 6.07) is 34.0. The molecule has 8 aromatic rings. The van der Waals surface area contributed by atoms with Crippen LogP contribution in [0.4, 0.5) is 0 Å². The smallest absolute Gasteiger partial charge is 0.201 e. The van der Waals surface area contributed by atoms with Gasteiger partial charge in [-0.25, -0.2) is 18.3 Å². The lowest BCUT2D eigenvalue weighted by atomic mass is 9.81. The third-order valence-electron chi connectivity index (χ3n) is 15.6. The Balaban J connectivity index is 0.000000250. The van der Waals surface area contributed by atoms with Gasteiger partial charge in [-0.1, -0.05) is 196 Å². The highest BCUT2D eigenvalue weighted by atomic mass is 14.9. The van der Waals surface area contributed by atoms with E-state index in [2.05, 4.69) is 180 Å². The average Bonchev–Trinajstić information content (AvgIpc) is 0.741. The summed E-state index contributed by atoms with van der Waals surface area (Å²) in [7, 11) is 8.04. The number of hydrogen-bond acceptors (Lipinski definition) is 0. The fourth-order valence-corrected chi connectivity index (χ4v) is 11.7. The summed E-state index contributed by atoms with van der Waals surface area (Å²) in [6.45, 7) is 47.5. The Morgan fingerprint density at radius 2 is 0.593 bits per heavy atom. The summed E-state index contributed by atoms with van der Waals surface area (Å²) < 4.78 is 107. The van der Waals surface area contributed by atoms with Crippen LogP contribution in [-0.4, -0.2) is 0 Å². The molecular weight excluding hydrogens is 1100 g/mol. The maximum Gasteiger partial charge on any atom is 0.212 e. The number of hydrogen-bond donors (Lipinski definition) is 0. The van der Waals surface area contributed by atoms with Gasteiger partial charge in [0.2, 0.25) is 22.8 Å². The molecule has 0 saturated carbocycles. The second-order valence-corrected chi connectivity index (χ2v) is 32.8. The van der Waals surface area contributed by atoms with Crippen molar-refractivity contribution in [3.05, 3.63) is 211 Å². The van der Waals surface area contributed by atoms with E-state index >= 15 is 0 Å². The molecule has 0 aliphatic carbocycles. The Kier molecular flexibility index (Phi) is 19.3. The number of nitrogens with zero attached hydrogens (tertiary/aromatic N) is 4. The molecule has 8 rings (SSSR count). The Labute approximate surface area is 574 Å². The predicted octanol–water partition coefficient (Wildman–Crippen LogP) is 21.0. The Hall–Kier alpha value is -6.52. The third-order valence-corrected chi connectivity index (χ3v) is 15.6. The minimum absolute atomic E-state index is 0.257. The van der Waals surface area contributed by atoms with E-state index in [0.717, 1.165) is 52.8 Å². The number of pyridine rings is 4. The molecule has 490 valence electrons. The Morgan fingerprint density at radius 3 is 1.00 bits per heavy atom. The normalized spacial score (nSPS) is 14.9. The van der Waals surface area contributed by atoms with Crippen molar-refractivity contribution in [2.24, 2.45) is 60.7 Å². The second kappa shape index (κ2) is 30.0. The van der Waals surface area contributed by atoms with E-state index in [1.54, 1.807) is 47.2 Å². The van der Waals surface area contributed by atoms with E-state index in [4.69, 9.17) is 16.4 Å². The average molecular weight is 1240 g/mol. The zero-order valence-electron chi connectivity index (χ0n) is 74.0. The first-order valence-corrected chi connectivity index (χ1v) is 32.8. The monoisotopic (exact) mass is 1240 g/mol. The van der Waals surface area contributed by atoms with Crippen molar-refractivity contribution in [3.8, 4) is 45.0 Å². The van der Waals surface area contributed by atoms with E-state index in [-0.39, 0.29) is 11.0 Å². The van der Waals surface area contributed by atoms with Crippen LogP contribution < -0.4 is 18.3 Å². The van der Waals surface area contributed by atoms with Gasteiger partial charge in [0.25, 0.3) is 0 Å². The summed E-state index contributed by atoms with van der Waals surface area (Å²) in [4.78, 5) is 0. The van der Waals surface area contributed by atoms with Gasteiger partial charge in [0, 0.05) is 85.2 Å². The van der Waals surface area contributed by atoms with Crippen molar-refractivity contribution in [3.63, 3.8) is 0 Å². The molecule has 0 fully saturated rings. The van der Waals surface area contributed by atoms with Crippen LogP contribution in [0.15, 0.2) is 128 Å². The van der Waals surface area contributed by atoms with Gasteiger partial charge >= 0.3 is 0 Å². The largest absolute Gasteiger partial charge is 0.212 e. The maximum atomic E-state index is 8.96. The minimum atomic E-state index is -2.20. The first-order valence-electron chi connectivity index (χ1n) is 38.8. The molecule has 0 atom stereocenters. The Morgan fingerprint density at radius 1 is 0.286 bits per heavy atom. The summed E-state index contributed by atoms with van der Waals surface area (Å²) >= 11 is 0. The number of benzene rings is 4. The molecule has 91 heavy (non-hydrogen) atoms. The molecule has 0 radical (unpaired) electrons. The first kappa shape index (κ1) is 58.3. The molecule has 0 spiro atoms. The second-order valence-electron chi connectivity index (χ2n) is 32.8. The van der Waals surface area contributed by atoms with Gasteiger partial charge < -0.3 is 0 Å². The number of aromatic nitrogens is 4. The van der Waals surface area contributed by atoms with E-state index in [0.29, 0.717) is 38.8 Å².